The van der Waals surface area contributed by atoms with Gasteiger partial charge in [0, 0.05) is 37.8 Å². The van der Waals surface area contributed by atoms with E-state index < -0.39 is 0 Å². The van der Waals surface area contributed by atoms with Crippen LogP contribution >= 0.6 is 0 Å². The van der Waals surface area contributed by atoms with Crippen LogP contribution in [0.2, 0.25) is 0 Å². The molecule has 2 aromatic heterocycles. The zero-order chi connectivity index (χ0) is 14.8. The summed E-state index contributed by atoms with van der Waals surface area (Å²) < 4.78 is 12.9. The van der Waals surface area contributed by atoms with Gasteiger partial charge in [0.2, 0.25) is 0 Å². The van der Waals surface area contributed by atoms with Crippen LogP contribution in [0.25, 0.3) is 0 Å². The Kier molecular flexibility index (Phi) is 4.12. The second-order valence-electron chi connectivity index (χ2n) is 5.95. The molecule has 0 aromatic carbocycles. The normalized spacial score (nSPS) is 15.6. The summed E-state index contributed by atoms with van der Waals surface area (Å²) in [5, 5.41) is 4.64. The predicted octanol–water partition coefficient (Wildman–Crippen LogP) is 2.50. The minimum atomic E-state index is 0.240. The van der Waals surface area contributed by atoms with Gasteiger partial charge in [0.1, 0.15) is 0 Å². The van der Waals surface area contributed by atoms with Crippen molar-refractivity contribution < 1.29 is 9.15 Å². The lowest BCUT2D eigenvalue weighted by Gasteiger charge is -2.27. The van der Waals surface area contributed by atoms with Crippen molar-refractivity contribution in [3.8, 4) is 0 Å². The summed E-state index contributed by atoms with van der Waals surface area (Å²) in [4.78, 5) is 2.43. The highest BCUT2D eigenvalue weighted by Crippen LogP contribution is 2.24. The third-order valence-electron chi connectivity index (χ3n) is 3.95. The van der Waals surface area contributed by atoms with Crippen molar-refractivity contribution >= 4 is 0 Å². The molecule has 3 rings (SSSR count). The first kappa shape index (κ1) is 14.4. The minimum absolute atomic E-state index is 0.240. The second kappa shape index (κ2) is 6.03. The van der Waals surface area contributed by atoms with E-state index in [2.05, 4.69) is 23.8 Å². The van der Waals surface area contributed by atoms with E-state index in [1.54, 1.807) is 6.26 Å². The smallest absolute Gasteiger partial charge is 0.0947 e. The Hall–Kier alpha value is -1.59. The van der Waals surface area contributed by atoms with Crippen molar-refractivity contribution in [2.45, 2.75) is 46.1 Å². The summed E-state index contributed by atoms with van der Waals surface area (Å²) in [6.07, 6.45) is 4.83. The molecule has 3 heterocycles. The van der Waals surface area contributed by atoms with E-state index in [1.165, 1.54) is 16.8 Å². The fourth-order valence-corrected chi connectivity index (χ4v) is 2.85. The molecule has 0 fully saturated rings. The highest BCUT2D eigenvalue weighted by molar-refractivity contribution is 5.28. The molecular formula is C16H23N3O2. The van der Waals surface area contributed by atoms with E-state index in [1.807, 2.05) is 24.1 Å². The Morgan fingerprint density at radius 3 is 3.00 bits per heavy atom. The number of aromatic nitrogens is 2. The predicted molar refractivity (Wildman–Crippen MR) is 79.7 cm³/mol. The molecule has 114 valence electrons. The zero-order valence-electron chi connectivity index (χ0n) is 13.0. The molecule has 0 spiro atoms. The standard InChI is InChI=1S/C16H23N3O2/c1-12(2)21-11-15-14-4-6-19(8-13-5-7-20-10-13)9-16(14)18(3)17-15/h5,7,10,12H,4,6,8-9,11H2,1-3H3. The number of nitrogens with zero attached hydrogens (tertiary/aromatic N) is 3. The van der Waals surface area contributed by atoms with Gasteiger partial charge in [-0.1, -0.05) is 0 Å². The van der Waals surface area contributed by atoms with Gasteiger partial charge in [-0.15, -0.1) is 0 Å². The lowest BCUT2D eigenvalue weighted by Crippen LogP contribution is -2.31. The SMILES string of the molecule is CC(C)OCc1nn(C)c2c1CCN(Cc1ccoc1)C2. The quantitative estimate of drug-likeness (QED) is 0.848. The number of ether oxygens (including phenoxy) is 1. The molecular weight excluding hydrogens is 266 g/mol. The first-order valence-corrected chi connectivity index (χ1v) is 7.52. The van der Waals surface area contributed by atoms with Gasteiger partial charge in [0.05, 0.1) is 36.6 Å². The average molecular weight is 289 g/mol. The van der Waals surface area contributed by atoms with Gasteiger partial charge in [-0.05, 0) is 26.3 Å². The largest absolute Gasteiger partial charge is 0.472 e. The molecule has 5 heteroatoms. The summed E-state index contributed by atoms with van der Waals surface area (Å²) in [7, 11) is 2.03. The lowest BCUT2D eigenvalue weighted by atomic mass is 10.0. The Labute approximate surface area is 125 Å². The van der Waals surface area contributed by atoms with Crippen LogP contribution in [0.4, 0.5) is 0 Å². The van der Waals surface area contributed by atoms with Crippen molar-refractivity contribution in [3.63, 3.8) is 0 Å². The first-order valence-electron chi connectivity index (χ1n) is 7.52. The maximum atomic E-state index is 5.72. The number of rotatable bonds is 5. The fraction of sp³-hybridized carbons (Fsp3) is 0.562. The number of aryl methyl sites for hydroxylation is 1. The number of hydrogen-bond acceptors (Lipinski definition) is 4. The number of hydrogen-bond donors (Lipinski definition) is 0. The Bertz CT molecular complexity index is 587. The van der Waals surface area contributed by atoms with Gasteiger partial charge < -0.3 is 9.15 Å². The van der Waals surface area contributed by atoms with Crippen LogP contribution in [-0.2, 0) is 37.9 Å². The first-order chi connectivity index (χ1) is 10.1. The van der Waals surface area contributed by atoms with Gasteiger partial charge in [0.25, 0.3) is 0 Å². The molecule has 0 saturated carbocycles. The highest BCUT2D eigenvalue weighted by atomic mass is 16.5. The number of furan rings is 1. The molecule has 1 aliphatic rings. The minimum Gasteiger partial charge on any atom is -0.472 e. The molecule has 0 amide bonds. The molecule has 0 bridgehead atoms. The number of fused-ring (bicyclic) bond motifs is 1. The summed E-state index contributed by atoms with van der Waals surface area (Å²) in [6.45, 7) is 7.65. The van der Waals surface area contributed by atoms with Crippen molar-refractivity contribution in [2.24, 2.45) is 7.05 Å². The van der Waals surface area contributed by atoms with Crippen LogP contribution in [0.3, 0.4) is 0 Å². The van der Waals surface area contributed by atoms with Crippen LogP contribution < -0.4 is 0 Å². The fourth-order valence-electron chi connectivity index (χ4n) is 2.85. The van der Waals surface area contributed by atoms with Crippen molar-refractivity contribution in [1.29, 1.82) is 0 Å². The van der Waals surface area contributed by atoms with Crippen molar-refractivity contribution in [3.05, 3.63) is 41.1 Å². The highest BCUT2D eigenvalue weighted by Gasteiger charge is 2.24. The van der Waals surface area contributed by atoms with E-state index in [9.17, 15) is 0 Å². The van der Waals surface area contributed by atoms with Crippen LogP contribution in [0, 0.1) is 0 Å². The zero-order valence-corrected chi connectivity index (χ0v) is 13.0. The van der Waals surface area contributed by atoms with Gasteiger partial charge in [-0.25, -0.2) is 0 Å². The molecule has 0 saturated heterocycles. The molecule has 21 heavy (non-hydrogen) atoms. The van der Waals surface area contributed by atoms with E-state index in [0.29, 0.717) is 6.61 Å². The van der Waals surface area contributed by atoms with Gasteiger partial charge in [0.15, 0.2) is 0 Å². The molecule has 0 atom stereocenters. The molecule has 5 nitrogen and oxygen atoms in total. The van der Waals surface area contributed by atoms with Crippen LogP contribution in [0.15, 0.2) is 23.0 Å². The maximum Gasteiger partial charge on any atom is 0.0947 e. The summed E-state index contributed by atoms with van der Waals surface area (Å²) in [6, 6.07) is 2.03. The van der Waals surface area contributed by atoms with Crippen LogP contribution in [0.5, 0.6) is 0 Å². The molecule has 2 aromatic rings. The Morgan fingerprint density at radius 1 is 1.43 bits per heavy atom. The molecule has 0 radical (unpaired) electrons. The van der Waals surface area contributed by atoms with E-state index in [-0.39, 0.29) is 6.10 Å². The average Bonchev–Trinajstić information content (AvgIpc) is 3.06. The van der Waals surface area contributed by atoms with Crippen molar-refractivity contribution in [2.75, 3.05) is 6.54 Å². The second-order valence-corrected chi connectivity index (χ2v) is 5.95. The molecule has 0 unspecified atom stereocenters. The van der Waals surface area contributed by atoms with Crippen molar-refractivity contribution in [1.82, 2.24) is 14.7 Å². The maximum absolute atomic E-state index is 5.72. The molecule has 1 aliphatic heterocycles. The summed E-state index contributed by atoms with van der Waals surface area (Å²) in [5.74, 6) is 0. The van der Waals surface area contributed by atoms with Gasteiger partial charge in [-0.3, -0.25) is 9.58 Å². The van der Waals surface area contributed by atoms with E-state index in [4.69, 9.17) is 9.15 Å². The lowest BCUT2D eigenvalue weighted by molar-refractivity contribution is 0.0627. The third-order valence-corrected chi connectivity index (χ3v) is 3.95. The topological polar surface area (TPSA) is 43.4 Å². The monoisotopic (exact) mass is 289 g/mol. The van der Waals surface area contributed by atoms with Crippen LogP contribution in [0.1, 0.15) is 36.4 Å². The van der Waals surface area contributed by atoms with Gasteiger partial charge in [-0.2, -0.15) is 5.10 Å². The third kappa shape index (κ3) is 3.19. The summed E-state index contributed by atoms with van der Waals surface area (Å²) >= 11 is 0. The van der Waals surface area contributed by atoms with E-state index in [0.717, 1.165) is 31.7 Å². The Morgan fingerprint density at radius 2 is 2.29 bits per heavy atom. The summed E-state index contributed by atoms with van der Waals surface area (Å²) in [5.41, 5.74) is 5.02. The molecule has 0 N–H and O–H groups in total. The van der Waals surface area contributed by atoms with Crippen LogP contribution in [-0.4, -0.2) is 27.3 Å². The van der Waals surface area contributed by atoms with Gasteiger partial charge >= 0.3 is 0 Å². The Balaban J connectivity index is 1.71. The molecule has 0 aliphatic carbocycles. The van der Waals surface area contributed by atoms with E-state index >= 15 is 0 Å².